The van der Waals surface area contributed by atoms with Crippen LogP contribution in [0.4, 0.5) is 5.95 Å². The van der Waals surface area contributed by atoms with Crippen molar-refractivity contribution in [3.63, 3.8) is 0 Å². The molecule has 1 aliphatic heterocycles. The lowest BCUT2D eigenvalue weighted by Gasteiger charge is -2.54. The van der Waals surface area contributed by atoms with Gasteiger partial charge in [0.05, 0.1) is 5.69 Å². The van der Waals surface area contributed by atoms with Crippen LogP contribution in [-0.2, 0) is 6.42 Å². The van der Waals surface area contributed by atoms with Gasteiger partial charge in [-0.15, -0.1) is 0 Å². The van der Waals surface area contributed by atoms with E-state index in [-0.39, 0.29) is 0 Å². The Kier molecular flexibility index (Phi) is 10.7. The molecule has 3 aromatic rings. The van der Waals surface area contributed by atoms with Crippen LogP contribution in [0, 0.1) is 25.2 Å². The van der Waals surface area contributed by atoms with Gasteiger partial charge in [-0.05, 0) is 119 Å². The van der Waals surface area contributed by atoms with Crippen LogP contribution in [0.2, 0.25) is 0 Å². The van der Waals surface area contributed by atoms with Gasteiger partial charge in [0.15, 0.2) is 0 Å². The molecule has 2 N–H and O–H groups in total. The lowest BCUT2D eigenvalue weighted by atomic mass is 9.60. The van der Waals surface area contributed by atoms with Crippen LogP contribution >= 0.6 is 11.9 Å². The number of nitrogens with zero attached hydrogens (tertiary/aromatic N) is 3. The third-order valence-corrected chi connectivity index (χ3v) is 10.4. The Labute approximate surface area is 268 Å². The van der Waals surface area contributed by atoms with Crippen LogP contribution in [-0.4, -0.2) is 60.0 Å². The summed E-state index contributed by atoms with van der Waals surface area (Å²) in [6.07, 6.45) is 7.89. The molecule has 0 unspecified atom stereocenters. The van der Waals surface area contributed by atoms with E-state index in [1.54, 1.807) is 6.07 Å². The number of aryl methyl sites for hydroxylation is 2. The fraction of sp³-hybridized carbons (Fsp3) is 0.528. The molecule has 2 heterocycles. The van der Waals surface area contributed by atoms with E-state index in [9.17, 15) is 4.79 Å². The van der Waals surface area contributed by atoms with E-state index < -0.39 is 0 Å². The number of carbonyl (C=O) groups is 1. The van der Waals surface area contributed by atoms with Crippen molar-refractivity contribution < 1.29 is 9.53 Å². The fourth-order valence-electron chi connectivity index (χ4n) is 7.06. The average Bonchev–Trinajstić information content (AvgIpc) is 3.00. The standard InChI is InChI=1S/C36H49N5O2S/c1-7-31-33(32-25(4)10-8-11-26(32)5)38-35(40-44-30-13-9-12-27(19-30)22-42)39-34(31)43-23-28(18-24(2)3)41(6)29-20-36(21-29)14-16-37-17-15-36/h8-13,19,22,24,28-29,37H,7,14-18,20-21,23H2,1-6H3,(H,38,39,40)/t28-/m1/s1. The normalized spacial score (nSPS) is 17.1. The molecule has 5 rings (SSSR count). The van der Waals surface area contributed by atoms with Gasteiger partial charge in [0.2, 0.25) is 11.8 Å². The van der Waals surface area contributed by atoms with Crippen molar-refractivity contribution in [2.75, 3.05) is 31.5 Å². The smallest absolute Gasteiger partial charge is 0.237 e. The number of nitrogens with one attached hydrogen (secondary N) is 2. The molecule has 1 aliphatic carbocycles. The first-order valence-electron chi connectivity index (χ1n) is 16.2. The molecule has 2 fully saturated rings. The Morgan fingerprint density at radius 2 is 1.82 bits per heavy atom. The number of piperidine rings is 1. The van der Waals surface area contributed by atoms with Crippen LogP contribution in [0.15, 0.2) is 47.4 Å². The number of aldehydes is 1. The monoisotopic (exact) mass is 615 g/mol. The second kappa shape index (κ2) is 14.4. The highest BCUT2D eigenvalue weighted by Gasteiger charge is 2.47. The van der Waals surface area contributed by atoms with E-state index in [1.807, 2.05) is 18.2 Å². The molecule has 1 atom stereocenters. The van der Waals surface area contributed by atoms with Gasteiger partial charge in [0, 0.05) is 33.7 Å². The Morgan fingerprint density at radius 1 is 1.11 bits per heavy atom. The largest absolute Gasteiger partial charge is 0.476 e. The zero-order chi connectivity index (χ0) is 31.3. The van der Waals surface area contributed by atoms with Crippen molar-refractivity contribution in [2.45, 2.75) is 90.1 Å². The van der Waals surface area contributed by atoms with Gasteiger partial charge in [0.25, 0.3) is 0 Å². The lowest BCUT2D eigenvalue weighted by Crippen LogP contribution is -2.56. The number of benzene rings is 2. The number of aromatic nitrogens is 2. The molecule has 7 nitrogen and oxygen atoms in total. The fourth-order valence-corrected chi connectivity index (χ4v) is 7.70. The summed E-state index contributed by atoms with van der Waals surface area (Å²) < 4.78 is 10.1. The Bertz CT molecular complexity index is 1410. The van der Waals surface area contributed by atoms with Gasteiger partial charge < -0.3 is 10.1 Å². The van der Waals surface area contributed by atoms with Crippen LogP contribution in [0.3, 0.4) is 0 Å². The van der Waals surface area contributed by atoms with Crippen LogP contribution in [0.25, 0.3) is 11.3 Å². The highest BCUT2D eigenvalue weighted by atomic mass is 32.2. The molecule has 1 saturated heterocycles. The number of hydrogen-bond donors (Lipinski definition) is 2. The average molecular weight is 616 g/mol. The van der Waals surface area contributed by atoms with E-state index in [2.05, 4.69) is 74.8 Å². The summed E-state index contributed by atoms with van der Waals surface area (Å²) in [5.41, 5.74) is 6.61. The van der Waals surface area contributed by atoms with E-state index >= 15 is 0 Å². The number of rotatable bonds is 13. The van der Waals surface area contributed by atoms with Gasteiger partial charge in [-0.1, -0.05) is 51.1 Å². The van der Waals surface area contributed by atoms with E-state index in [4.69, 9.17) is 14.7 Å². The third-order valence-electron chi connectivity index (χ3n) is 9.60. The van der Waals surface area contributed by atoms with E-state index in [0.29, 0.717) is 47.4 Å². The molecule has 2 aromatic carbocycles. The quantitative estimate of drug-likeness (QED) is 0.151. The minimum atomic E-state index is 0.305. The number of ether oxygens (including phenoxy) is 1. The zero-order valence-electron chi connectivity index (χ0n) is 27.3. The maximum absolute atomic E-state index is 11.3. The number of anilines is 1. The first-order chi connectivity index (χ1) is 21.2. The number of hydrogen-bond acceptors (Lipinski definition) is 8. The van der Waals surface area contributed by atoms with E-state index in [1.165, 1.54) is 48.8 Å². The highest BCUT2D eigenvalue weighted by molar-refractivity contribution is 8.00. The summed E-state index contributed by atoms with van der Waals surface area (Å²) >= 11 is 1.40. The molecule has 236 valence electrons. The van der Waals surface area contributed by atoms with E-state index in [0.717, 1.165) is 53.9 Å². The Balaban J connectivity index is 1.42. The predicted octanol–water partition coefficient (Wildman–Crippen LogP) is 7.51. The van der Waals surface area contributed by atoms with Gasteiger partial charge in [0.1, 0.15) is 12.9 Å². The molecule has 0 radical (unpaired) electrons. The van der Waals surface area contributed by atoms with Crippen molar-refractivity contribution in [1.82, 2.24) is 20.2 Å². The molecule has 1 saturated carbocycles. The molecule has 0 bridgehead atoms. The van der Waals surface area contributed by atoms with Crippen LogP contribution in [0.5, 0.6) is 5.88 Å². The van der Waals surface area contributed by atoms with Crippen LogP contribution in [0.1, 0.15) is 79.9 Å². The molecule has 44 heavy (non-hydrogen) atoms. The van der Waals surface area contributed by atoms with Crippen molar-refractivity contribution in [3.8, 4) is 17.1 Å². The van der Waals surface area contributed by atoms with Crippen molar-refractivity contribution in [2.24, 2.45) is 11.3 Å². The van der Waals surface area contributed by atoms with Gasteiger partial charge in [-0.2, -0.15) is 4.98 Å². The highest BCUT2D eigenvalue weighted by Crippen LogP contribution is 2.50. The maximum Gasteiger partial charge on any atom is 0.237 e. The van der Waals surface area contributed by atoms with Crippen molar-refractivity contribution >= 4 is 24.2 Å². The van der Waals surface area contributed by atoms with Crippen molar-refractivity contribution in [1.29, 1.82) is 0 Å². The second-order valence-corrected chi connectivity index (χ2v) is 14.1. The Morgan fingerprint density at radius 3 is 2.48 bits per heavy atom. The molecule has 1 aromatic heterocycles. The summed E-state index contributed by atoms with van der Waals surface area (Å²) in [6, 6.07) is 14.8. The van der Waals surface area contributed by atoms with Gasteiger partial charge >= 0.3 is 0 Å². The van der Waals surface area contributed by atoms with Gasteiger partial charge in [-0.25, -0.2) is 4.98 Å². The molecule has 0 amide bonds. The first kappa shape index (κ1) is 32.5. The molecule has 2 aliphatic rings. The number of carbonyl (C=O) groups excluding carboxylic acids is 1. The minimum Gasteiger partial charge on any atom is -0.476 e. The minimum absolute atomic E-state index is 0.305. The zero-order valence-corrected chi connectivity index (χ0v) is 28.1. The topological polar surface area (TPSA) is 79.4 Å². The second-order valence-electron chi connectivity index (χ2n) is 13.3. The summed E-state index contributed by atoms with van der Waals surface area (Å²) in [6.45, 7) is 13.9. The van der Waals surface area contributed by atoms with Gasteiger partial charge in [-0.3, -0.25) is 14.4 Å². The summed E-state index contributed by atoms with van der Waals surface area (Å²) in [4.78, 5) is 24.8. The third kappa shape index (κ3) is 7.47. The summed E-state index contributed by atoms with van der Waals surface area (Å²) in [5.74, 6) is 1.71. The maximum atomic E-state index is 11.3. The number of likely N-dealkylation sites (N-methyl/N-ethyl adjacent to an activating group) is 1. The van der Waals surface area contributed by atoms with Crippen molar-refractivity contribution in [3.05, 3.63) is 64.7 Å². The van der Waals surface area contributed by atoms with Crippen LogP contribution < -0.4 is 14.8 Å². The Hall–Kier alpha value is -2.94. The lowest BCUT2D eigenvalue weighted by molar-refractivity contribution is -0.0371. The molecular weight excluding hydrogens is 566 g/mol. The summed E-state index contributed by atoms with van der Waals surface area (Å²) in [5, 5.41) is 3.54. The molecular formula is C36H49N5O2S. The summed E-state index contributed by atoms with van der Waals surface area (Å²) in [7, 11) is 2.30. The molecule has 8 heteroatoms. The SMILES string of the molecule is CCc1c(OC[C@@H](CC(C)C)N(C)C2CC3(CCNCC3)C2)nc(NSc2cccc(C=O)c2)nc1-c1c(C)cccc1C. The molecule has 1 spiro atoms. The first-order valence-corrected chi connectivity index (χ1v) is 17.0. The predicted molar refractivity (Wildman–Crippen MR) is 182 cm³/mol.